The topological polar surface area (TPSA) is 12.4 Å². The van der Waals surface area contributed by atoms with E-state index >= 15 is 0 Å². The third kappa shape index (κ3) is 2.02. The average molecular weight is 133 g/mol. The Balaban J connectivity index is 2.68. The van der Waals surface area contributed by atoms with Gasteiger partial charge in [-0.2, -0.15) is 0 Å². The molecule has 0 bridgehead atoms. The van der Waals surface area contributed by atoms with Crippen LogP contribution in [0.4, 0.5) is 0 Å². The summed E-state index contributed by atoms with van der Waals surface area (Å²) in [6, 6.07) is 0. The molecule has 0 unspecified atom stereocenters. The Kier molecular flexibility index (Phi) is 2.68. The Labute approximate surface area is 61.5 Å². The summed E-state index contributed by atoms with van der Waals surface area (Å²) < 4.78 is 0. The molecule has 0 saturated carbocycles. The molecule has 52 valence electrons. The van der Waals surface area contributed by atoms with Crippen LogP contribution in [0.15, 0.2) is 41.1 Å². The van der Waals surface area contributed by atoms with E-state index in [-0.39, 0.29) is 0 Å². The van der Waals surface area contributed by atoms with Crippen LogP contribution < -0.4 is 0 Å². The van der Waals surface area contributed by atoms with E-state index in [2.05, 4.69) is 17.1 Å². The molecule has 0 saturated heterocycles. The van der Waals surface area contributed by atoms with Gasteiger partial charge in [0.1, 0.15) is 0 Å². The monoisotopic (exact) mass is 133 g/mol. The summed E-state index contributed by atoms with van der Waals surface area (Å²) in [4.78, 5) is 4.05. The number of hydrogen-bond donors (Lipinski definition) is 0. The van der Waals surface area contributed by atoms with Crippen LogP contribution in [0, 0.1) is 0 Å². The smallest absolute Gasteiger partial charge is 0.0302 e. The van der Waals surface area contributed by atoms with Crippen molar-refractivity contribution in [3.63, 3.8) is 0 Å². The predicted octanol–water partition coefficient (Wildman–Crippen LogP) is 2.48. The van der Waals surface area contributed by atoms with Gasteiger partial charge in [0.05, 0.1) is 0 Å². The maximum atomic E-state index is 4.05. The van der Waals surface area contributed by atoms with Gasteiger partial charge in [-0.1, -0.05) is 18.2 Å². The van der Waals surface area contributed by atoms with Gasteiger partial charge >= 0.3 is 0 Å². The number of nitrogens with zero attached hydrogens (tertiary/aromatic N) is 1. The fourth-order valence-electron chi connectivity index (χ4n) is 0.831. The van der Waals surface area contributed by atoms with Gasteiger partial charge < -0.3 is 0 Å². The zero-order chi connectivity index (χ0) is 7.23. The lowest BCUT2D eigenvalue weighted by atomic mass is 10.2. The highest BCUT2D eigenvalue weighted by Crippen LogP contribution is 2.06. The maximum absolute atomic E-state index is 4.05. The van der Waals surface area contributed by atoms with Gasteiger partial charge in [0, 0.05) is 12.4 Å². The Morgan fingerprint density at radius 3 is 3.30 bits per heavy atom. The van der Waals surface area contributed by atoms with Crippen molar-refractivity contribution in [3.8, 4) is 0 Å². The molecule has 0 N–H and O–H groups in total. The van der Waals surface area contributed by atoms with E-state index in [1.807, 2.05) is 25.3 Å². The summed E-state index contributed by atoms with van der Waals surface area (Å²) in [6.45, 7) is 2.01. The highest BCUT2D eigenvalue weighted by atomic mass is 14.7. The van der Waals surface area contributed by atoms with Crippen LogP contribution in [-0.2, 0) is 0 Å². The van der Waals surface area contributed by atoms with E-state index in [0.29, 0.717) is 0 Å². The Morgan fingerprint density at radius 2 is 2.50 bits per heavy atom. The molecule has 1 heterocycles. The summed E-state index contributed by atoms with van der Waals surface area (Å²) in [5.41, 5.74) is 1.26. The molecule has 0 aromatic rings. The van der Waals surface area contributed by atoms with Crippen molar-refractivity contribution < 1.29 is 0 Å². The van der Waals surface area contributed by atoms with E-state index in [4.69, 9.17) is 0 Å². The molecule has 1 aliphatic heterocycles. The molecule has 0 aromatic heterocycles. The third-order valence-corrected chi connectivity index (χ3v) is 1.28. The minimum Gasteiger partial charge on any atom is -0.264 e. The summed E-state index contributed by atoms with van der Waals surface area (Å²) >= 11 is 0. The molecule has 1 heteroatoms. The van der Waals surface area contributed by atoms with Gasteiger partial charge in [-0.3, -0.25) is 4.99 Å². The summed E-state index contributed by atoms with van der Waals surface area (Å²) in [5.74, 6) is 0. The van der Waals surface area contributed by atoms with Crippen molar-refractivity contribution in [1.29, 1.82) is 0 Å². The zero-order valence-electron chi connectivity index (χ0n) is 6.12. The highest BCUT2D eigenvalue weighted by Gasteiger charge is 1.88. The number of rotatable bonds is 1. The van der Waals surface area contributed by atoms with Gasteiger partial charge in [0.2, 0.25) is 0 Å². The standard InChI is InChI=1S/C9H11N/c1-2-5-9-6-3-4-7-10-8-9/h2-5,7-8H,6H2,1H3/b5-2+. The van der Waals surface area contributed by atoms with Gasteiger partial charge in [0.15, 0.2) is 0 Å². The Bertz CT molecular complexity index is 207. The molecule has 1 nitrogen and oxygen atoms in total. The molecule has 0 atom stereocenters. The van der Waals surface area contributed by atoms with E-state index in [1.54, 1.807) is 6.21 Å². The lowest BCUT2D eigenvalue weighted by Gasteiger charge is -1.90. The van der Waals surface area contributed by atoms with E-state index in [1.165, 1.54) is 5.57 Å². The van der Waals surface area contributed by atoms with Crippen LogP contribution in [0.2, 0.25) is 0 Å². The van der Waals surface area contributed by atoms with Crippen LogP contribution in [-0.4, -0.2) is 6.21 Å². The first kappa shape index (κ1) is 7.00. The first-order valence-electron chi connectivity index (χ1n) is 3.43. The molecular weight excluding hydrogens is 122 g/mol. The van der Waals surface area contributed by atoms with Crippen LogP contribution in [0.25, 0.3) is 0 Å². The molecule has 0 aromatic carbocycles. The van der Waals surface area contributed by atoms with Crippen molar-refractivity contribution in [2.75, 3.05) is 0 Å². The molecule has 10 heavy (non-hydrogen) atoms. The predicted molar refractivity (Wildman–Crippen MR) is 45.1 cm³/mol. The first-order valence-corrected chi connectivity index (χ1v) is 3.43. The fourth-order valence-corrected chi connectivity index (χ4v) is 0.831. The lowest BCUT2D eigenvalue weighted by Crippen LogP contribution is -1.71. The Morgan fingerprint density at radius 1 is 1.60 bits per heavy atom. The van der Waals surface area contributed by atoms with Crippen molar-refractivity contribution in [1.82, 2.24) is 0 Å². The second kappa shape index (κ2) is 3.83. The number of aliphatic imine (C=N–C) groups is 1. The van der Waals surface area contributed by atoms with Crippen LogP contribution in [0.5, 0.6) is 0 Å². The summed E-state index contributed by atoms with van der Waals surface area (Å²) in [5, 5.41) is 0. The van der Waals surface area contributed by atoms with Crippen molar-refractivity contribution in [3.05, 3.63) is 36.1 Å². The van der Waals surface area contributed by atoms with E-state index in [0.717, 1.165) is 6.42 Å². The van der Waals surface area contributed by atoms with Gasteiger partial charge in [0.25, 0.3) is 0 Å². The van der Waals surface area contributed by atoms with Gasteiger partial charge in [-0.25, -0.2) is 0 Å². The first-order chi connectivity index (χ1) is 4.93. The summed E-state index contributed by atoms with van der Waals surface area (Å²) in [7, 11) is 0. The van der Waals surface area contributed by atoms with E-state index < -0.39 is 0 Å². The van der Waals surface area contributed by atoms with Crippen LogP contribution in [0.1, 0.15) is 13.3 Å². The second-order valence-corrected chi connectivity index (χ2v) is 2.13. The normalized spacial score (nSPS) is 17.5. The highest BCUT2D eigenvalue weighted by molar-refractivity contribution is 5.72. The number of hydrogen-bond acceptors (Lipinski definition) is 1. The SMILES string of the molecule is C/C=C/C1=CN=CC=CC1. The maximum Gasteiger partial charge on any atom is 0.0302 e. The lowest BCUT2D eigenvalue weighted by molar-refractivity contribution is 1.27. The molecule has 0 aliphatic carbocycles. The van der Waals surface area contributed by atoms with Crippen molar-refractivity contribution in [2.45, 2.75) is 13.3 Å². The average Bonchev–Trinajstić information content (AvgIpc) is 2.17. The second-order valence-electron chi connectivity index (χ2n) is 2.13. The minimum absolute atomic E-state index is 0.990. The molecule has 0 spiro atoms. The zero-order valence-corrected chi connectivity index (χ0v) is 6.12. The molecule has 0 amide bonds. The third-order valence-electron chi connectivity index (χ3n) is 1.28. The largest absolute Gasteiger partial charge is 0.264 e. The molecule has 0 radical (unpaired) electrons. The Hall–Kier alpha value is -1.11. The van der Waals surface area contributed by atoms with Crippen LogP contribution in [0.3, 0.4) is 0 Å². The van der Waals surface area contributed by atoms with Gasteiger partial charge in [-0.15, -0.1) is 0 Å². The quantitative estimate of drug-likeness (QED) is 0.521. The van der Waals surface area contributed by atoms with E-state index in [9.17, 15) is 0 Å². The molecule has 1 rings (SSSR count). The number of allylic oxidation sites excluding steroid dienone is 5. The van der Waals surface area contributed by atoms with Crippen molar-refractivity contribution in [2.24, 2.45) is 4.99 Å². The molecule has 0 fully saturated rings. The fraction of sp³-hybridized carbons (Fsp3) is 0.222. The van der Waals surface area contributed by atoms with Crippen molar-refractivity contribution >= 4 is 6.21 Å². The molecule has 1 aliphatic rings. The summed E-state index contributed by atoms with van der Waals surface area (Å²) in [6.07, 6.45) is 12.9. The van der Waals surface area contributed by atoms with Crippen LogP contribution >= 0.6 is 0 Å². The van der Waals surface area contributed by atoms with Gasteiger partial charge in [-0.05, 0) is 25.0 Å². The minimum atomic E-state index is 0.990. The molecular formula is C9H11N.